The highest BCUT2D eigenvalue weighted by molar-refractivity contribution is 9.10. The predicted molar refractivity (Wildman–Crippen MR) is 97.9 cm³/mol. The average Bonchev–Trinajstić information content (AvgIpc) is 3.05. The second-order valence-electron chi connectivity index (χ2n) is 5.27. The topological polar surface area (TPSA) is 29.5 Å². The Balaban J connectivity index is 1.61. The van der Waals surface area contributed by atoms with E-state index in [0.29, 0.717) is 12.3 Å². The second kappa shape index (κ2) is 7.15. The van der Waals surface area contributed by atoms with Gasteiger partial charge in [0.05, 0.1) is 6.54 Å². The fourth-order valence-electron chi connectivity index (χ4n) is 2.26. The number of likely N-dealkylation sites (N-methyl/N-ethyl adjacent to an activating group) is 1. The normalized spacial score (nSPS) is 10.7. The zero-order valence-electron chi connectivity index (χ0n) is 12.7. The number of rotatable bonds is 5. The molecule has 0 saturated heterocycles. The first kappa shape index (κ1) is 16.0. The SMILES string of the molecule is CN(Cc1cccs1)C(=O)COc1ccc2cc(Br)ccc2c1. The van der Waals surface area contributed by atoms with Gasteiger partial charge in [-0.3, -0.25) is 4.79 Å². The van der Waals surface area contributed by atoms with Gasteiger partial charge in [0, 0.05) is 16.4 Å². The van der Waals surface area contributed by atoms with Crippen molar-refractivity contribution in [2.45, 2.75) is 6.54 Å². The van der Waals surface area contributed by atoms with Gasteiger partial charge in [-0.25, -0.2) is 0 Å². The first-order valence-electron chi connectivity index (χ1n) is 7.20. The lowest BCUT2D eigenvalue weighted by molar-refractivity contribution is -0.132. The van der Waals surface area contributed by atoms with Crippen molar-refractivity contribution in [1.29, 1.82) is 0 Å². The van der Waals surface area contributed by atoms with E-state index >= 15 is 0 Å². The van der Waals surface area contributed by atoms with Crippen LogP contribution < -0.4 is 4.74 Å². The summed E-state index contributed by atoms with van der Waals surface area (Å²) in [6.45, 7) is 0.662. The van der Waals surface area contributed by atoms with E-state index in [2.05, 4.69) is 22.0 Å². The summed E-state index contributed by atoms with van der Waals surface area (Å²) in [4.78, 5) is 15.0. The van der Waals surface area contributed by atoms with E-state index < -0.39 is 0 Å². The molecule has 3 rings (SSSR count). The van der Waals surface area contributed by atoms with Gasteiger partial charge in [-0.05, 0) is 46.5 Å². The minimum absolute atomic E-state index is 0.0331. The lowest BCUT2D eigenvalue weighted by Gasteiger charge is -2.16. The van der Waals surface area contributed by atoms with E-state index in [4.69, 9.17) is 4.74 Å². The van der Waals surface area contributed by atoms with Crippen molar-refractivity contribution in [3.63, 3.8) is 0 Å². The van der Waals surface area contributed by atoms with Gasteiger partial charge in [0.15, 0.2) is 6.61 Å². The second-order valence-corrected chi connectivity index (χ2v) is 7.22. The Labute approximate surface area is 147 Å². The largest absolute Gasteiger partial charge is 0.484 e. The smallest absolute Gasteiger partial charge is 0.260 e. The van der Waals surface area contributed by atoms with E-state index in [0.717, 1.165) is 20.1 Å². The fourth-order valence-corrected chi connectivity index (χ4v) is 3.40. The number of hydrogen-bond acceptors (Lipinski definition) is 3. The van der Waals surface area contributed by atoms with Gasteiger partial charge >= 0.3 is 0 Å². The van der Waals surface area contributed by atoms with Crippen LogP contribution in [0.1, 0.15) is 4.88 Å². The lowest BCUT2D eigenvalue weighted by Crippen LogP contribution is -2.30. The first-order valence-corrected chi connectivity index (χ1v) is 8.87. The summed E-state index contributed by atoms with van der Waals surface area (Å²) in [5, 5.41) is 4.23. The van der Waals surface area contributed by atoms with Crippen LogP contribution in [0.15, 0.2) is 58.4 Å². The van der Waals surface area contributed by atoms with Gasteiger partial charge in [-0.15, -0.1) is 11.3 Å². The molecule has 118 valence electrons. The molecular weight excluding hydrogens is 374 g/mol. The highest BCUT2D eigenvalue weighted by Crippen LogP contribution is 2.24. The number of hydrogen-bond donors (Lipinski definition) is 0. The van der Waals surface area contributed by atoms with Crippen LogP contribution in [0.4, 0.5) is 0 Å². The minimum atomic E-state index is -0.0331. The van der Waals surface area contributed by atoms with E-state index in [1.807, 2.05) is 47.8 Å². The lowest BCUT2D eigenvalue weighted by atomic mass is 10.1. The van der Waals surface area contributed by atoms with Crippen molar-refractivity contribution in [3.05, 3.63) is 63.3 Å². The van der Waals surface area contributed by atoms with E-state index in [-0.39, 0.29) is 12.5 Å². The summed E-state index contributed by atoms with van der Waals surface area (Å²) in [6.07, 6.45) is 0. The van der Waals surface area contributed by atoms with Gasteiger partial charge in [0.2, 0.25) is 0 Å². The van der Waals surface area contributed by atoms with Crippen LogP contribution in [0.3, 0.4) is 0 Å². The highest BCUT2D eigenvalue weighted by atomic mass is 79.9. The van der Waals surface area contributed by atoms with Gasteiger partial charge in [-0.1, -0.05) is 34.1 Å². The van der Waals surface area contributed by atoms with E-state index in [1.165, 1.54) is 0 Å². The van der Waals surface area contributed by atoms with E-state index in [1.54, 1.807) is 23.3 Å². The Kier molecular flexibility index (Phi) is 4.98. The molecule has 1 aromatic heterocycles. The van der Waals surface area contributed by atoms with Crippen LogP contribution in [0, 0.1) is 0 Å². The number of halogens is 1. The number of fused-ring (bicyclic) bond motifs is 1. The summed E-state index contributed by atoms with van der Waals surface area (Å²) in [5.41, 5.74) is 0. The van der Waals surface area contributed by atoms with Crippen LogP contribution in [0.2, 0.25) is 0 Å². The fraction of sp³-hybridized carbons (Fsp3) is 0.167. The van der Waals surface area contributed by atoms with Crippen molar-refractivity contribution in [1.82, 2.24) is 4.90 Å². The molecule has 0 bridgehead atoms. The molecule has 0 aliphatic rings. The summed E-state index contributed by atoms with van der Waals surface area (Å²) >= 11 is 5.11. The molecule has 0 saturated carbocycles. The Hall–Kier alpha value is -1.85. The van der Waals surface area contributed by atoms with Gasteiger partial charge in [-0.2, -0.15) is 0 Å². The number of amides is 1. The number of ether oxygens (including phenoxy) is 1. The maximum absolute atomic E-state index is 12.2. The Morgan fingerprint density at radius 1 is 1.17 bits per heavy atom. The molecule has 0 radical (unpaired) electrons. The van der Waals surface area contributed by atoms with Crippen molar-refractivity contribution < 1.29 is 9.53 Å². The molecule has 1 amide bonds. The van der Waals surface area contributed by atoms with Gasteiger partial charge in [0.1, 0.15) is 5.75 Å². The molecule has 0 atom stereocenters. The van der Waals surface area contributed by atoms with Crippen molar-refractivity contribution in [2.75, 3.05) is 13.7 Å². The molecule has 0 fully saturated rings. The Morgan fingerprint density at radius 2 is 1.96 bits per heavy atom. The number of thiophene rings is 1. The molecule has 1 heterocycles. The van der Waals surface area contributed by atoms with Crippen LogP contribution >= 0.6 is 27.3 Å². The molecule has 0 N–H and O–H groups in total. The summed E-state index contributed by atoms with van der Waals surface area (Å²) in [6, 6.07) is 15.9. The van der Waals surface area contributed by atoms with Crippen molar-refractivity contribution in [3.8, 4) is 5.75 Å². The predicted octanol–water partition coefficient (Wildman–Crippen LogP) is 4.70. The van der Waals surface area contributed by atoms with Gasteiger partial charge in [0.25, 0.3) is 5.91 Å². The summed E-state index contributed by atoms with van der Waals surface area (Å²) < 4.78 is 6.69. The van der Waals surface area contributed by atoms with E-state index in [9.17, 15) is 4.79 Å². The number of benzene rings is 2. The van der Waals surface area contributed by atoms with Crippen molar-refractivity contribution >= 4 is 43.9 Å². The molecule has 5 heteroatoms. The molecule has 0 spiro atoms. The van der Waals surface area contributed by atoms with Gasteiger partial charge < -0.3 is 9.64 Å². The molecule has 3 nitrogen and oxygen atoms in total. The Bertz CT molecular complexity index is 817. The van der Waals surface area contributed by atoms with Crippen LogP contribution in [-0.2, 0) is 11.3 Å². The third-order valence-electron chi connectivity index (χ3n) is 3.53. The number of nitrogens with zero attached hydrogens (tertiary/aromatic N) is 1. The monoisotopic (exact) mass is 389 g/mol. The van der Waals surface area contributed by atoms with Crippen LogP contribution in [-0.4, -0.2) is 24.5 Å². The molecule has 0 aliphatic carbocycles. The zero-order valence-corrected chi connectivity index (χ0v) is 15.1. The number of carbonyl (C=O) groups excluding carboxylic acids is 1. The number of carbonyl (C=O) groups is 1. The standard InChI is InChI=1S/C18H16BrNO2S/c1-20(11-17-3-2-8-23-17)18(21)12-22-16-7-5-13-9-15(19)6-4-14(13)10-16/h2-10H,11-12H2,1H3. The minimum Gasteiger partial charge on any atom is -0.484 e. The molecule has 0 aliphatic heterocycles. The van der Waals surface area contributed by atoms with Crippen LogP contribution in [0.25, 0.3) is 10.8 Å². The molecule has 3 aromatic rings. The maximum atomic E-state index is 12.2. The summed E-state index contributed by atoms with van der Waals surface area (Å²) in [7, 11) is 1.79. The third-order valence-corrected chi connectivity index (χ3v) is 4.89. The average molecular weight is 390 g/mol. The first-order chi connectivity index (χ1) is 11.1. The third kappa shape index (κ3) is 4.12. The van der Waals surface area contributed by atoms with Crippen LogP contribution in [0.5, 0.6) is 5.75 Å². The quantitative estimate of drug-likeness (QED) is 0.632. The maximum Gasteiger partial charge on any atom is 0.260 e. The molecule has 23 heavy (non-hydrogen) atoms. The van der Waals surface area contributed by atoms with Crippen molar-refractivity contribution in [2.24, 2.45) is 0 Å². The molecule has 2 aromatic carbocycles. The Morgan fingerprint density at radius 3 is 2.74 bits per heavy atom. The molecular formula is C18H16BrNO2S. The molecule has 0 unspecified atom stereocenters. The summed E-state index contributed by atoms with van der Waals surface area (Å²) in [5.74, 6) is 0.673. The zero-order chi connectivity index (χ0) is 16.2. The highest BCUT2D eigenvalue weighted by Gasteiger charge is 2.11.